The molecular weight excluding hydrogens is 272 g/mol. The predicted molar refractivity (Wildman–Crippen MR) is 87.4 cm³/mol. The van der Waals surface area contributed by atoms with E-state index in [2.05, 4.69) is 52.0 Å². The molecule has 1 saturated carbocycles. The van der Waals surface area contributed by atoms with E-state index in [9.17, 15) is 0 Å². The fourth-order valence-corrected chi connectivity index (χ4v) is 3.20. The fraction of sp³-hybridized carbons (Fsp3) is 0.333. The Morgan fingerprint density at radius 1 is 1.00 bits per heavy atom. The monoisotopic (exact) mass is 292 g/mol. The van der Waals surface area contributed by atoms with Gasteiger partial charge >= 0.3 is 0 Å². The summed E-state index contributed by atoms with van der Waals surface area (Å²) in [5, 5.41) is 12.4. The zero-order chi connectivity index (χ0) is 14.8. The van der Waals surface area contributed by atoms with Gasteiger partial charge in [0, 0.05) is 12.1 Å². The minimum atomic E-state index is 0.159. The van der Waals surface area contributed by atoms with E-state index in [1.807, 2.05) is 22.9 Å². The van der Waals surface area contributed by atoms with E-state index in [1.165, 1.54) is 24.8 Å². The third-order valence-electron chi connectivity index (χ3n) is 4.69. The summed E-state index contributed by atoms with van der Waals surface area (Å²) in [7, 11) is 0. The summed E-state index contributed by atoms with van der Waals surface area (Å²) < 4.78 is 2.05. The van der Waals surface area contributed by atoms with Gasteiger partial charge < -0.3 is 5.32 Å². The van der Waals surface area contributed by atoms with Crippen molar-refractivity contribution < 1.29 is 0 Å². The highest BCUT2D eigenvalue weighted by molar-refractivity contribution is 5.73. The van der Waals surface area contributed by atoms with Gasteiger partial charge in [0.15, 0.2) is 0 Å². The summed E-state index contributed by atoms with van der Waals surface area (Å²) in [5.41, 5.74) is 3.58. The number of aromatic nitrogens is 3. The normalized spacial score (nSPS) is 16.5. The highest BCUT2D eigenvalue weighted by atomic mass is 15.4. The Bertz CT molecular complexity index is 759. The summed E-state index contributed by atoms with van der Waals surface area (Å²) in [6.45, 7) is 1.80. The van der Waals surface area contributed by atoms with Crippen LogP contribution in [0, 0.1) is 0 Å². The maximum Gasteiger partial charge on any atom is 0.113 e. The molecule has 0 amide bonds. The Labute approximate surface area is 130 Å². The molecule has 1 aromatic heterocycles. The Kier molecular flexibility index (Phi) is 3.39. The first-order valence-electron chi connectivity index (χ1n) is 7.92. The van der Waals surface area contributed by atoms with Crippen molar-refractivity contribution in [2.24, 2.45) is 0 Å². The SMILES string of the molecule is c1ccc(CNC2(Cn3nnc4ccccc43)CCC2)cc1. The molecule has 112 valence electrons. The second-order valence-electron chi connectivity index (χ2n) is 6.21. The van der Waals surface area contributed by atoms with E-state index in [1.54, 1.807) is 0 Å². The molecule has 1 aliphatic carbocycles. The predicted octanol–water partition coefficient (Wildman–Crippen LogP) is 3.14. The third-order valence-corrected chi connectivity index (χ3v) is 4.69. The second-order valence-corrected chi connectivity index (χ2v) is 6.21. The molecule has 0 unspecified atom stereocenters. The summed E-state index contributed by atoms with van der Waals surface area (Å²) in [6, 6.07) is 18.8. The molecule has 1 fully saturated rings. The molecule has 1 heterocycles. The Morgan fingerprint density at radius 2 is 1.77 bits per heavy atom. The molecule has 2 aromatic carbocycles. The molecule has 0 bridgehead atoms. The van der Waals surface area contributed by atoms with Crippen LogP contribution in [0.25, 0.3) is 11.0 Å². The van der Waals surface area contributed by atoms with Gasteiger partial charge in [-0.1, -0.05) is 47.7 Å². The number of para-hydroxylation sites is 1. The van der Waals surface area contributed by atoms with Gasteiger partial charge in [0.1, 0.15) is 5.52 Å². The third kappa shape index (κ3) is 2.50. The van der Waals surface area contributed by atoms with Crippen LogP contribution in [0.2, 0.25) is 0 Å². The van der Waals surface area contributed by atoms with Crippen molar-refractivity contribution in [3.05, 3.63) is 60.2 Å². The first-order valence-corrected chi connectivity index (χ1v) is 7.92. The van der Waals surface area contributed by atoms with Crippen molar-refractivity contribution >= 4 is 11.0 Å². The number of nitrogens with one attached hydrogen (secondary N) is 1. The molecule has 0 atom stereocenters. The minimum Gasteiger partial charge on any atom is -0.305 e. The van der Waals surface area contributed by atoms with Gasteiger partial charge in [-0.15, -0.1) is 5.10 Å². The summed E-state index contributed by atoms with van der Waals surface area (Å²) in [5.74, 6) is 0. The van der Waals surface area contributed by atoms with Crippen LogP contribution in [-0.4, -0.2) is 20.5 Å². The smallest absolute Gasteiger partial charge is 0.113 e. The van der Waals surface area contributed by atoms with Crippen LogP contribution in [0.1, 0.15) is 24.8 Å². The highest BCUT2D eigenvalue weighted by Crippen LogP contribution is 2.34. The first-order chi connectivity index (χ1) is 10.8. The van der Waals surface area contributed by atoms with Gasteiger partial charge in [-0.05, 0) is 37.0 Å². The Hall–Kier alpha value is -2.20. The van der Waals surface area contributed by atoms with Crippen molar-refractivity contribution in [1.29, 1.82) is 0 Å². The largest absolute Gasteiger partial charge is 0.305 e. The van der Waals surface area contributed by atoms with Crippen molar-refractivity contribution in [3.63, 3.8) is 0 Å². The number of benzene rings is 2. The van der Waals surface area contributed by atoms with Gasteiger partial charge in [-0.2, -0.15) is 0 Å². The lowest BCUT2D eigenvalue weighted by molar-refractivity contribution is 0.150. The molecule has 0 aliphatic heterocycles. The second kappa shape index (κ2) is 5.54. The number of hydrogen-bond donors (Lipinski definition) is 1. The standard InChI is InChI=1S/C18H20N4/c1-2-7-15(8-3-1)13-19-18(11-6-12-18)14-22-17-10-5-4-9-16(17)20-21-22/h1-5,7-10,19H,6,11-14H2. The molecule has 4 nitrogen and oxygen atoms in total. The number of hydrogen-bond acceptors (Lipinski definition) is 3. The lowest BCUT2D eigenvalue weighted by Crippen LogP contribution is -2.53. The molecule has 1 N–H and O–H groups in total. The van der Waals surface area contributed by atoms with Crippen LogP contribution in [0.4, 0.5) is 0 Å². The van der Waals surface area contributed by atoms with Gasteiger partial charge in [0.25, 0.3) is 0 Å². The van der Waals surface area contributed by atoms with Crippen molar-refractivity contribution in [2.45, 2.75) is 37.9 Å². The molecule has 22 heavy (non-hydrogen) atoms. The summed E-state index contributed by atoms with van der Waals surface area (Å²) in [6.07, 6.45) is 3.69. The Balaban J connectivity index is 1.52. The van der Waals surface area contributed by atoms with Crippen molar-refractivity contribution in [1.82, 2.24) is 20.3 Å². The van der Waals surface area contributed by atoms with Gasteiger partial charge in [0.05, 0.1) is 12.1 Å². The van der Waals surface area contributed by atoms with E-state index >= 15 is 0 Å². The zero-order valence-electron chi connectivity index (χ0n) is 12.6. The zero-order valence-corrected chi connectivity index (χ0v) is 12.6. The molecule has 4 rings (SSSR count). The van der Waals surface area contributed by atoms with E-state index < -0.39 is 0 Å². The van der Waals surface area contributed by atoms with E-state index in [4.69, 9.17) is 0 Å². The van der Waals surface area contributed by atoms with Crippen LogP contribution >= 0.6 is 0 Å². The maximum absolute atomic E-state index is 4.34. The maximum atomic E-state index is 4.34. The fourth-order valence-electron chi connectivity index (χ4n) is 3.20. The van der Waals surface area contributed by atoms with Crippen LogP contribution in [0.3, 0.4) is 0 Å². The highest BCUT2D eigenvalue weighted by Gasteiger charge is 2.37. The number of fused-ring (bicyclic) bond motifs is 1. The molecule has 0 radical (unpaired) electrons. The minimum absolute atomic E-state index is 0.159. The van der Waals surface area contributed by atoms with Gasteiger partial charge in [-0.3, -0.25) is 0 Å². The number of rotatable bonds is 5. The summed E-state index contributed by atoms with van der Waals surface area (Å²) in [4.78, 5) is 0. The average Bonchev–Trinajstić information content (AvgIpc) is 2.94. The first kappa shape index (κ1) is 13.5. The van der Waals surface area contributed by atoms with Crippen LogP contribution < -0.4 is 5.32 Å². The van der Waals surface area contributed by atoms with Gasteiger partial charge in [-0.25, -0.2) is 4.68 Å². The van der Waals surface area contributed by atoms with Gasteiger partial charge in [0.2, 0.25) is 0 Å². The van der Waals surface area contributed by atoms with Crippen LogP contribution in [0.5, 0.6) is 0 Å². The number of nitrogens with zero attached hydrogens (tertiary/aromatic N) is 3. The lowest BCUT2D eigenvalue weighted by Gasteiger charge is -2.42. The quantitative estimate of drug-likeness (QED) is 0.785. The molecule has 3 aromatic rings. The van der Waals surface area contributed by atoms with E-state index in [0.717, 1.165) is 24.1 Å². The van der Waals surface area contributed by atoms with E-state index in [-0.39, 0.29) is 5.54 Å². The topological polar surface area (TPSA) is 42.7 Å². The summed E-state index contributed by atoms with van der Waals surface area (Å²) >= 11 is 0. The molecular formula is C18H20N4. The molecule has 1 aliphatic rings. The molecule has 0 spiro atoms. The van der Waals surface area contributed by atoms with Crippen LogP contribution in [0.15, 0.2) is 54.6 Å². The average molecular weight is 292 g/mol. The van der Waals surface area contributed by atoms with E-state index in [0.29, 0.717) is 0 Å². The van der Waals surface area contributed by atoms with Crippen molar-refractivity contribution in [3.8, 4) is 0 Å². The Morgan fingerprint density at radius 3 is 2.55 bits per heavy atom. The van der Waals surface area contributed by atoms with Crippen molar-refractivity contribution in [2.75, 3.05) is 0 Å². The molecule has 0 saturated heterocycles. The lowest BCUT2D eigenvalue weighted by atomic mass is 9.76. The molecule has 4 heteroatoms. The van der Waals surface area contributed by atoms with Crippen LogP contribution in [-0.2, 0) is 13.1 Å².